The Balaban J connectivity index is 2.00. The van der Waals surface area contributed by atoms with Gasteiger partial charge in [-0.3, -0.25) is 0 Å². The molecule has 2 amide bonds. The molecule has 2 aliphatic heterocycles. The minimum absolute atomic E-state index is 0.204. The number of carboxylic acids is 1. The molecule has 2 N–H and O–H groups in total. The van der Waals surface area contributed by atoms with E-state index in [2.05, 4.69) is 5.32 Å². The van der Waals surface area contributed by atoms with Gasteiger partial charge in [-0.1, -0.05) is 0 Å². The highest BCUT2D eigenvalue weighted by atomic mass is 32.2. The third-order valence-electron chi connectivity index (χ3n) is 3.88. The van der Waals surface area contributed by atoms with Crippen molar-refractivity contribution in [3.63, 3.8) is 0 Å². The van der Waals surface area contributed by atoms with Crippen LogP contribution in [0.3, 0.4) is 0 Å². The smallest absolute Gasteiger partial charge is 0.329 e. The molecule has 0 aromatic rings. The average Bonchev–Trinajstić information content (AvgIpc) is 2.92. The normalized spacial score (nSPS) is 25.8. The molecule has 2 saturated heterocycles. The number of aliphatic carboxylic acids is 1. The van der Waals surface area contributed by atoms with E-state index in [9.17, 15) is 14.7 Å². The van der Waals surface area contributed by atoms with Gasteiger partial charge in [-0.2, -0.15) is 11.8 Å². The van der Waals surface area contributed by atoms with Gasteiger partial charge in [0.05, 0.1) is 0 Å². The first-order chi connectivity index (χ1) is 9.05. The van der Waals surface area contributed by atoms with Crippen LogP contribution in [0.15, 0.2) is 0 Å². The van der Waals surface area contributed by atoms with Gasteiger partial charge >= 0.3 is 12.0 Å². The highest BCUT2D eigenvalue weighted by molar-refractivity contribution is 7.99. The maximum absolute atomic E-state index is 12.2. The number of hydrogen-bond acceptors (Lipinski definition) is 4. The Kier molecular flexibility index (Phi) is 4.57. The summed E-state index contributed by atoms with van der Waals surface area (Å²) in [5, 5.41) is 12.1. The molecule has 0 saturated carbocycles. The third-order valence-corrected chi connectivity index (χ3v) is 5.02. The minimum Gasteiger partial charge on any atom is -0.480 e. The molecule has 0 aromatic heterocycles. The number of rotatable bonds is 3. The van der Waals surface area contributed by atoms with E-state index in [1.807, 2.05) is 11.8 Å². The van der Waals surface area contributed by atoms with Crippen LogP contribution in [0, 0.1) is 0 Å². The highest BCUT2D eigenvalue weighted by Crippen LogP contribution is 2.24. The molecule has 0 bridgehead atoms. The number of urea groups is 1. The first kappa shape index (κ1) is 14.5. The fourth-order valence-corrected chi connectivity index (χ4v) is 3.67. The van der Waals surface area contributed by atoms with Crippen molar-refractivity contribution in [2.75, 3.05) is 31.8 Å². The lowest BCUT2D eigenvalue weighted by Gasteiger charge is -2.36. The number of amides is 2. The van der Waals surface area contributed by atoms with Gasteiger partial charge < -0.3 is 20.1 Å². The van der Waals surface area contributed by atoms with Crippen LogP contribution in [0.1, 0.15) is 19.3 Å². The van der Waals surface area contributed by atoms with E-state index in [1.54, 1.807) is 11.9 Å². The largest absolute Gasteiger partial charge is 0.480 e. The summed E-state index contributed by atoms with van der Waals surface area (Å²) in [5.41, 5.74) is -1.17. The van der Waals surface area contributed by atoms with Crippen molar-refractivity contribution in [3.8, 4) is 0 Å². The van der Waals surface area contributed by atoms with Gasteiger partial charge in [0.15, 0.2) is 0 Å². The van der Waals surface area contributed by atoms with Crippen LogP contribution >= 0.6 is 11.8 Å². The Morgan fingerprint density at radius 2 is 2.11 bits per heavy atom. The van der Waals surface area contributed by atoms with Crippen LogP contribution in [-0.2, 0) is 9.53 Å². The number of carbonyl (C=O) groups excluding carboxylic acids is 1. The zero-order chi connectivity index (χ0) is 13.9. The SMILES string of the molecule is CN(C(=O)NC1(C(=O)O)CCOCC1)C1CCSC1. The van der Waals surface area contributed by atoms with Crippen LogP contribution in [0.25, 0.3) is 0 Å². The predicted molar refractivity (Wildman–Crippen MR) is 72.4 cm³/mol. The Labute approximate surface area is 116 Å². The summed E-state index contributed by atoms with van der Waals surface area (Å²) < 4.78 is 5.19. The van der Waals surface area contributed by atoms with Crippen LogP contribution in [0.5, 0.6) is 0 Å². The molecule has 6 nitrogen and oxygen atoms in total. The van der Waals surface area contributed by atoms with E-state index in [4.69, 9.17) is 4.74 Å². The molecule has 2 fully saturated rings. The molecule has 108 valence electrons. The van der Waals surface area contributed by atoms with Crippen molar-refractivity contribution in [1.29, 1.82) is 0 Å². The zero-order valence-corrected chi connectivity index (χ0v) is 11.9. The molecule has 0 aliphatic carbocycles. The molecule has 1 unspecified atom stereocenters. The van der Waals surface area contributed by atoms with Crippen molar-refractivity contribution in [2.24, 2.45) is 0 Å². The van der Waals surface area contributed by atoms with Crippen molar-refractivity contribution in [2.45, 2.75) is 30.8 Å². The second-order valence-corrected chi connectivity index (χ2v) is 6.21. The number of nitrogens with one attached hydrogen (secondary N) is 1. The van der Waals surface area contributed by atoms with Crippen LogP contribution < -0.4 is 5.32 Å². The van der Waals surface area contributed by atoms with E-state index in [1.165, 1.54) is 0 Å². The summed E-state index contributed by atoms with van der Waals surface area (Å²) in [6.45, 7) is 0.741. The molecule has 0 radical (unpaired) electrons. The summed E-state index contributed by atoms with van der Waals surface area (Å²) in [7, 11) is 1.74. The summed E-state index contributed by atoms with van der Waals surface area (Å²) >= 11 is 1.82. The predicted octanol–water partition coefficient (Wildman–Crippen LogP) is 0.767. The van der Waals surface area contributed by atoms with E-state index < -0.39 is 11.5 Å². The number of carbonyl (C=O) groups is 2. The lowest BCUT2D eigenvalue weighted by molar-refractivity contribution is -0.148. The lowest BCUT2D eigenvalue weighted by atomic mass is 9.90. The number of hydrogen-bond donors (Lipinski definition) is 2. The molecule has 0 aromatic carbocycles. The fourth-order valence-electron chi connectivity index (χ4n) is 2.40. The molecule has 0 spiro atoms. The molecule has 7 heteroatoms. The quantitative estimate of drug-likeness (QED) is 0.802. The van der Waals surface area contributed by atoms with Gasteiger partial charge in [-0.25, -0.2) is 9.59 Å². The van der Waals surface area contributed by atoms with Crippen LogP contribution in [0.2, 0.25) is 0 Å². The van der Waals surface area contributed by atoms with Gasteiger partial charge in [-0.05, 0) is 12.2 Å². The lowest BCUT2D eigenvalue weighted by Crippen LogP contribution is -2.60. The first-order valence-electron chi connectivity index (χ1n) is 6.49. The summed E-state index contributed by atoms with van der Waals surface area (Å²) in [4.78, 5) is 25.3. The van der Waals surface area contributed by atoms with E-state index >= 15 is 0 Å². The molecule has 19 heavy (non-hydrogen) atoms. The number of nitrogens with zero attached hydrogens (tertiary/aromatic N) is 1. The number of thioether (sulfide) groups is 1. The van der Waals surface area contributed by atoms with Crippen molar-refractivity contribution in [1.82, 2.24) is 10.2 Å². The Bertz CT molecular complexity index is 352. The number of ether oxygens (including phenoxy) is 1. The average molecular weight is 288 g/mol. The molecule has 2 heterocycles. The Morgan fingerprint density at radius 3 is 2.63 bits per heavy atom. The highest BCUT2D eigenvalue weighted by Gasteiger charge is 2.42. The Hall–Kier alpha value is -0.950. The Morgan fingerprint density at radius 1 is 1.42 bits per heavy atom. The minimum atomic E-state index is -1.17. The summed E-state index contributed by atoms with van der Waals surface area (Å²) in [6, 6.07) is -0.0903. The standard InChI is InChI=1S/C12H20N2O4S/c1-14(9-2-7-19-8-9)11(17)13-12(10(15)16)3-5-18-6-4-12/h9H,2-8H2,1H3,(H,13,17)(H,15,16). The van der Waals surface area contributed by atoms with E-state index in [0.29, 0.717) is 26.1 Å². The molecule has 2 rings (SSSR count). The maximum atomic E-state index is 12.2. The third kappa shape index (κ3) is 3.14. The van der Waals surface area contributed by atoms with Crippen LogP contribution in [0.4, 0.5) is 4.79 Å². The van der Waals surface area contributed by atoms with E-state index in [-0.39, 0.29) is 12.1 Å². The second kappa shape index (κ2) is 6.00. The monoisotopic (exact) mass is 288 g/mol. The van der Waals surface area contributed by atoms with Gasteiger partial charge in [0.1, 0.15) is 5.54 Å². The van der Waals surface area contributed by atoms with Crippen molar-refractivity contribution >= 4 is 23.8 Å². The zero-order valence-electron chi connectivity index (χ0n) is 11.1. The summed E-state index contributed by atoms with van der Waals surface area (Å²) in [6.07, 6.45) is 1.61. The molecule has 2 aliphatic rings. The van der Waals surface area contributed by atoms with Crippen molar-refractivity contribution < 1.29 is 19.4 Å². The topological polar surface area (TPSA) is 78.9 Å². The molecular weight excluding hydrogens is 268 g/mol. The van der Waals surface area contributed by atoms with Crippen LogP contribution in [-0.4, -0.2) is 65.4 Å². The molecule has 1 atom stereocenters. The second-order valence-electron chi connectivity index (χ2n) is 5.06. The fraction of sp³-hybridized carbons (Fsp3) is 0.833. The van der Waals surface area contributed by atoms with Gasteiger partial charge in [0.2, 0.25) is 0 Å². The van der Waals surface area contributed by atoms with Crippen molar-refractivity contribution in [3.05, 3.63) is 0 Å². The molecular formula is C12H20N2O4S. The van der Waals surface area contributed by atoms with Gasteiger partial charge in [-0.15, -0.1) is 0 Å². The van der Waals surface area contributed by atoms with Gasteiger partial charge in [0, 0.05) is 44.9 Å². The van der Waals surface area contributed by atoms with E-state index in [0.717, 1.165) is 17.9 Å². The summed E-state index contributed by atoms with van der Waals surface area (Å²) in [5.74, 6) is 1.01. The first-order valence-corrected chi connectivity index (χ1v) is 7.64. The number of carboxylic acid groups (broad SMARTS) is 1. The maximum Gasteiger partial charge on any atom is 0.329 e. The van der Waals surface area contributed by atoms with Gasteiger partial charge in [0.25, 0.3) is 0 Å².